The van der Waals surface area contributed by atoms with Gasteiger partial charge in [0.25, 0.3) is 0 Å². The molecule has 28 heavy (non-hydrogen) atoms. The normalized spacial score (nSPS) is 17.5. The minimum absolute atomic E-state index is 0.0602. The zero-order chi connectivity index (χ0) is 19.8. The van der Waals surface area contributed by atoms with Gasteiger partial charge in [-0.15, -0.1) is 10.2 Å². The van der Waals surface area contributed by atoms with Gasteiger partial charge in [-0.2, -0.15) is 0 Å². The van der Waals surface area contributed by atoms with Gasteiger partial charge in [0, 0.05) is 35.9 Å². The number of benzene rings is 1. The van der Waals surface area contributed by atoms with E-state index in [2.05, 4.69) is 39.2 Å². The molecule has 2 aromatic heterocycles. The first-order valence-electron chi connectivity index (χ1n) is 9.91. The molecule has 2 unspecified atom stereocenters. The van der Waals surface area contributed by atoms with E-state index in [1.165, 1.54) is 0 Å². The van der Waals surface area contributed by atoms with Crippen molar-refractivity contribution < 1.29 is 9.21 Å². The van der Waals surface area contributed by atoms with Crippen LogP contribution in [-0.4, -0.2) is 26.8 Å². The second kappa shape index (κ2) is 7.30. The van der Waals surface area contributed by atoms with Crippen molar-refractivity contribution in [3.63, 3.8) is 0 Å². The van der Waals surface area contributed by atoms with Gasteiger partial charge < -0.3 is 19.6 Å². The van der Waals surface area contributed by atoms with E-state index in [1.54, 1.807) is 0 Å². The predicted molar refractivity (Wildman–Crippen MR) is 107 cm³/mol. The number of furan rings is 1. The van der Waals surface area contributed by atoms with E-state index in [1.807, 2.05) is 38.1 Å². The number of rotatable bonds is 4. The van der Waals surface area contributed by atoms with Crippen molar-refractivity contribution in [2.24, 2.45) is 0 Å². The largest absolute Gasteiger partial charge is 0.459 e. The molecule has 0 saturated heterocycles. The van der Waals surface area contributed by atoms with Crippen LogP contribution in [0.5, 0.6) is 0 Å². The summed E-state index contributed by atoms with van der Waals surface area (Å²) < 4.78 is 8.11. The van der Waals surface area contributed by atoms with Gasteiger partial charge >= 0.3 is 6.03 Å². The van der Waals surface area contributed by atoms with Gasteiger partial charge in [-0.25, -0.2) is 4.79 Å². The number of carbonyl (C=O) groups is 1. The summed E-state index contributed by atoms with van der Waals surface area (Å²) in [6, 6.07) is 7.59. The molecule has 2 atom stereocenters. The zero-order valence-corrected chi connectivity index (χ0v) is 16.8. The first kappa shape index (κ1) is 18.5. The Morgan fingerprint density at radius 3 is 2.79 bits per heavy atom. The van der Waals surface area contributed by atoms with Crippen LogP contribution in [0, 0.1) is 6.92 Å². The minimum Gasteiger partial charge on any atom is -0.459 e. The molecule has 4 rings (SSSR count). The second-order valence-corrected chi connectivity index (χ2v) is 7.90. The summed E-state index contributed by atoms with van der Waals surface area (Å²) in [5.74, 6) is 3.09. The number of urea groups is 1. The number of hydrogen-bond acceptors (Lipinski definition) is 4. The fraction of sp³-hybridized carbons (Fsp3) is 0.476. The topological polar surface area (TPSA) is 85.0 Å². The standard InChI is InChI=1S/C21H27N5O2/c1-12(2)20-25-24-18-10-9-15(11-26(18)20)23-21(27)22-14(4)19-13(3)16-7-5-6-8-17(16)28-19/h5-8,12,14-15H,9-11H2,1-4H3,(H2,22,23,27). The van der Waals surface area contributed by atoms with Crippen LogP contribution >= 0.6 is 0 Å². The molecule has 2 N–H and O–H groups in total. The molecule has 3 heterocycles. The van der Waals surface area contributed by atoms with Crippen molar-refractivity contribution in [2.45, 2.75) is 65.1 Å². The maximum atomic E-state index is 12.6. The maximum Gasteiger partial charge on any atom is 0.315 e. The van der Waals surface area contributed by atoms with E-state index in [0.29, 0.717) is 12.5 Å². The van der Waals surface area contributed by atoms with E-state index in [0.717, 1.165) is 46.8 Å². The Kier molecular flexibility index (Phi) is 4.83. The maximum absolute atomic E-state index is 12.6. The molecule has 1 aliphatic heterocycles. The number of hydrogen-bond donors (Lipinski definition) is 2. The Bertz CT molecular complexity index is 1000. The van der Waals surface area contributed by atoms with E-state index in [9.17, 15) is 4.79 Å². The summed E-state index contributed by atoms with van der Waals surface area (Å²) in [6.07, 6.45) is 1.69. The number of amides is 2. The number of nitrogens with one attached hydrogen (secondary N) is 2. The highest BCUT2D eigenvalue weighted by molar-refractivity contribution is 5.82. The van der Waals surface area contributed by atoms with E-state index >= 15 is 0 Å². The predicted octanol–water partition coefficient (Wildman–Crippen LogP) is 3.83. The fourth-order valence-electron chi connectivity index (χ4n) is 3.99. The Hall–Kier alpha value is -2.83. The molecule has 0 bridgehead atoms. The Balaban J connectivity index is 1.41. The van der Waals surface area contributed by atoms with Gasteiger partial charge in [0.2, 0.25) is 0 Å². The number of aryl methyl sites for hydroxylation is 2. The molecular weight excluding hydrogens is 354 g/mol. The van der Waals surface area contributed by atoms with E-state index in [-0.39, 0.29) is 18.1 Å². The Morgan fingerprint density at radius 2 is 2.04 bits per heavy atom. The molecule has 7 nitrogen and oxygen atoms in total. The summed E-state index contributed by atoms with van der Waals surface area (Å²) in [6.45, 7) is 8.90. The third-order valence-electron chi connectivity index (χ3n) is 5.45. The van der Waals surface area contributed by atoms with Gasteiger partial charge in [-0.05, 0) is 26.3 Å². The quantitative estimate of drug-likeness (QED) is 0.719. The summed E-state index contributed by atoms with van der Waals surface area (Å²) in [5.41, 5.74) is 1.91. The SMILES string of the molecule is Cc1c(C(C)NC(=O)NC2CCc3nnc(C(C)C)n3C2)oc2ccccc12. The average Bonchev–Trinajstić information content (AvgIpc) is 3.23. The van der Waals surface area contributed by atoms with Gasteiger partial charge in [-0.3, -0.25) is 0 Å². The molecule has 148 valence electrons. The number of para-hydroxylation sites is 1. The van der Waals surface area contributed by atoms with Crippen molar-refractivity contribution in [3.8, 4) is 0 Å². The first-order valence-corrected chi connectivity index (χ1v) is 9.91. The summed E-state index contributed by atoms with van der Waals surface area (Å²) in [7, 11) is 0. The third-order valence-corrected chi connectivity index (χ3v) is 5.45. The smallest absolute Gasteiger partial charge is 0.315 e. The van der Waals surface area contributed by atoms with Crippen LogP contribution in [0.25, 0.3) is 11.0 Å². The lowest BCUT2D eigenvalue weighted by molar-refractivity contribution is 0.228. The highest BCUT2D eigenvalue weighted by atomic mass is 16.3. The van der Waals surface area contributed by atoms with Crippen LogP contribution in [0.3, 0.4) is 0 Å². The monoisotopic (exact) mass is 381 g/mol. The average molecular weight is 381 g/mol. The highest BCUT2D eigenvalue weighted by Gasteiger charge is 2.26. The van der Waals surface area contributed by atoms with Crippen LogP contribution in [0.1, 0.15) is 62.1 Å². The molecule has 2 amide bonds. The van der Waals surface area contributed by atoms with Crippen LogP contribution in [0.15, 0.2) is 28.7 Å². The van der Waals surface area contributed by atoms with E-state index < -0.39 is 0 Å². The lowest BCUT2D eigenvalue weighted by Gasteiger charge is -2.26. The van der Waals surface area contributed by atoms with Gasteiger partial charge in [0.1, 0.15) is 23.0 Å². The summed E-state index contributed by atoms with van der Waals surface area (Å²) in [4.78, 5) is 12.6. The number of carbonyl (C=O) groups excluding carboxylic acids is 1. The number of nitrogens with zero attached hydrogens (tertiary/aromatic N) is 3. The third kappa shape index (κ3) is 3.37. The first-order chi connectivity index (χ1) is 13.4. The Labute approximate surface area is 164 Å². The van der Waals surface area contributed by atoms with Crippen molar-refractivity contribution in [2.75, 3.05) is 0 Å². The van der Waals surface area contributed by atoms with Gasteiger partial charge in [-0.1, -0.05) is 32.0 Å². The molecule has 0 radical (unpaired) electrons. The van der Waals surface area contributed by atoms with Crippen LogP contribution in [0.4, 0.5) is 4.79 Å². The molecule has 1 aromatic carbocycles. The molecule has 0 spiro atoms. The molecule has 3 aromatic rings. The van der Waals surface area contributed by atoms with Crippen LogP contribution in [-0.2, 0) is 13.0 Å². The zero-order valence-electron chi connectivity index (χ0n) is 16.8. The fourth-order valence-corrected chi connectivity index (χ4v) is 3.99. The van der Waals surface area contributed by atoms with Crippen molar-refractivity contribution in [1.82, 2.24) is 25.4 Å². The van der Waals surface area contributed by atoms with Crippen molar-refractivity contribution >= 4 is 17.0 Å². The summed E-state index contributed by atoms with van der Waals surface area (Å²) >= 11 is 0. The van der Waals surface area contributed by atoms with Crippen LogP contribution < -0.4 is 10.6 Å². The second-order valence-electron chi connectivity index (χ2n) is 7.90. The highest BCUT2D eigenvalue weighted by Crippen LogP contribution is 2.29. The van der Waals surface area contributed by atoms with Crippen molar-refractivity contribution in [1.29, 1.82) is 0 Å². The molecule has 0 saturated carbocycles. The molecule has 0 aliphatic carbocycles. The molecule has 1 aliphatic rings. The van der Waals surface area contributed by atoms with Crippen molar-refractivity contribution in [3.05, 3.63) is 47.2 Å². The van der Waals surface area contributed by atoms with Gasteiger partial charge in [0.15, 0.2) is 0 Å². The van der Waals surface area contributed by atoms with Gasteiger partial charge in [0.05, 0.1) is 6.04 Å². The van der Waals surface area contributed by atoms with Crippen LogP contribution in [0.2, 0.25) is 0 Å². The minimum atomic E-state index is -0.215. The van der Waals surface area contributed by atoms with E-state index in [4.69, 9.17) is 4.42 Å². The number of aromatic nitrogens is 3. The summed E-state index contributed by atoms with van der Waals surface area (Å²) in [5, 5.41) is 15.8. The lowest BCUT2D eigenvalue weighted by Crippen LogP contribution is -2.46. The molecule has 0 fully saturated rings. The molecule has 7 heteroatoms. The Morgan fingerprint density at radius 1 is 1.25 bits per heavy atom. The number of fused-ring (bicyclic) bond motifs is 2. The molecular formula is C21H27N5O2. The lowest BCUT2D eigenvalue weighted by atomic mass is 10.1.